The largest absolute Gasteiger partial charge is 0.394 e. The molecule has 174 valence electrons. The van der Waals surface area contributed by atoms with E-state index in [1.807, 2.05) is 24.3 Å². The maximum atomic E-state index is 12.3. The highest BCUT2D eigenvalue weighted by molar-refractivity contribution is 6.33. The first-order chi connectivity index (χ1) is 15.4. The monoisotopic (exact) mass is 467 g/mol. The Morgan fingerprint density at radius 1 is 1.25 bits per heavy atom. The first-order valence-corrected chi connectivity index (χ1v) is 10.7. The van der Waals surface area contributed by atoms with Gasteiger partial charge in [0, 0.05) is 45.3 Å². The Hall–Kier alpha value is -2.21. The number of nitrogens with zero attached hydrogens (tertiary/aromatic N) is 2. The Morgan fingerprint density at radius 3 is 2.59 bits per heavy atom. The van der Waals surface area contributed by atoms with E-state index in [1.165, 1.54) is 19.4 Å². The van der Waals surface area contributed by atoms with E-state index in [4.69, 9.17) is 25.8 Å². The first kappa shape index (κ1) is 23.0. The van der Waals surface area contributed by atoms with Gasteiger partial charge in [-0.1, -0.05) is 23.7 Å². The van der Waals surface area contributed by atoms with E-state index in [0.29, 0.717) is 31.0 Å². The molecule has 11 heteroatoms. The highest BCUT2D eigenvalue weighted by atomic mass is 35.5. The smallest absolute Gasteiger partial charge is 0.330 e. The zero-order chi connectivity index (χ0) is 22.9. The molecule has 2 saturated heterocycles. The minimum Gasteiger partial charge on any atom is -0.394 e. The molecule has 2 fully saturated rings. The minimum atomic E-state index is -1.21. The number of aromatic nitrogens is 2. The average Bonchev–Trinajstić information content (AvgIpc) is 3.10. The maximum absolute atomic E-state index is 12.3. The lowest BCUT2D eigenvalue weighted by molar-refractivity contribution is -0.276. The van der Waals surface area contributed by atoms with Crippen LogP contribution in [0.25, 0.3) is 0 Å². The van der Waals surface area contributed by atoms with Crippen LogP contribution in [0.5, 0.6) is 0 Å². The van der Waals surface area contributed by atoms with Crippen molar-refractivity contribution < 1.29 is 24.4 Å². The van der Waals surface area contributed by atoms with Crippen molar-refractivity contribution in [2.24, 2.45) is 0 Å². The van der Waals surface area contributed by atoms with E-state index in [1.54, 1.807) is 0 Å². The minimum absolute atomic E-state index is 0.462. The van der Waals surface area contributed by atoms with Crippen LogP contribution in [0.2, 0.25) is 5.02 Å². The fourth-order valence-electron chi connectivity index (χ4n) is 4.26. The third-order valence-corrected chi connectivity index (χ3v) is 6.38. The van der Waals surface area contributed by atoms with Crippen molar-refractivity contribution in [1.29, 1.82) is 0 Å². The summed E-state index contributed by atoms with van der Waals surface area (Å²) in [4.78, 5) is 28.1. The number of nitrogens with one attached hydrogen (secondary N) is 1. The van der Waals surface area contributed by atoms with Gasteiger partial charge in [0.15, 0.2) is 12.0 Å². The SMILES string of the molecule is COC1(O[C@@H]2[C@H](O)[C@@H](CO)O[C@H]2n2ccc(=O)[nH]c2=O)CCN(c2ccccc2Cl)CC1. The summed E-state index contributed by atoms with van der Waals surface area (Å²) in [5.41, 5.74) is -0.343. The lowest BCUT2D eigenvalue weighted by atomic mass is 10.0. The van der Waals surface area contributed by atoms with Crippen LogP contribution in [0.4, 0.5) is 5.69 Å². The molecule has 0 saturated carbocycles. The van der Waals surface area contributed by atoms with Crippen molar-refractivity contribution in [2.75, 3.05) is 31.7 Å². The molecule has 1 aromatic heterocycles. The standard InChI is InChI=1S/C21H26ClN3O7/c1-30-21(7-10-24(11-8-21)14-5-3-2-4-13(14)22)32-18-17(28)15(12-26)31-19(18)25-9-6-16(27)23-20(25)29/h2-6,9,15,17-19,26,28H,7-8,10-12H2,1H3,(H,23,27,29)/t15-,17-,18-,19-/m1/s1. The van der Waals surface area contributed by atoms with Gasteiger partial charge < -0.3 is 29.3 Å². The van der Waals surface area contributed by atoms with Crippen LogP contribution < -0.4 is 16.1 Å². The van der Waals surface area contributed by atoms with Gasteiger partial charge in [-0.05, 0) is 12.1 Å². The predicted molar refractivity (Wildman–Crippen MR) is 116 cm³/mol. The summed E-state index contributed by atoms with van der Waals surface area (Å²) in [5, 5.41) is 21.0. The van der Waals surface area contributed by atoms with Crippen molar-refractivity contribution in [1.82, 2.24) is 9.55 Å². The molecule has 0 radical (unpaired) electrons. The van der Waals surface area contributed by atoms with Crippen LogP contribution in [0.1, 0.15) is 19.1 Å². The number of H-pyrrole nitrogens is 1. The summed E-state index contributed by atoms with van der Waals surface area (Å²) in [5.74, 6) is -1.04. The fourth-order valence-corrected chi connectivity index (χ4v) is 4.52. The Morgan fingerprint density at radius 2 is 1.97 bits per heavy atom. The molecule has 10 nitrogen and oxygen atoms in total. The van der Waals surface area contributed by atoms with Gasteiger partial charge in [0.2, 0.25) is 0 Å². The van der Waals surface area contributed by atoms with Crippen molar-refractivity contribution in [3.63, 3.8) is 0 Å². The normalized spacial score (nSPS) is 27.6. The van der Waals surface area contributed by atoms with E-state index in [2.05, 4.69) is 9.88 Å². The number of para-hydroxylation sites is 1. The van der Waals surface area contributed by atoms with Crippen LogP contribution >= 0.6 is 11.6 Å². The van der Waals surface area contributed by atoms with Crippen LogP contribution in [-0.4, -0.2) is 70.7 Å². The van der Waals surface area contributed by atoms with Gasteiger partial charge in [-0.15, -0.1) is 0 Å². The number of aliphatic hydroxyl groups is 2. The summed E-state index contributed by atoms with van der Waals surface area (Å²) in [6.07, 6.45) is -2.03. The summed E-state index contributed by atoms with van der Waals surface area (Å²) in [7, 11) is 1.53. The number of hydrogen-bond acceptors (Lipinski definition) is 8. The quantitative estimate of drug-likeness (QED) is 0.523. The number of piperidine rings is 1. The molecule has 1 aromatic carbocycles. The van der Waals surface area contributed by atoms with Gasteiger partial charge >= 0.3 is 5.69 Å². The molecule has 0 amide bonds. The van der Waals surface area contributed by atoms with Crippen molar-refractivity contribution in [3.05, 3.63) is 62.4 Å². The second kappa shape index (κ2) is 9.34. The molecule has 4 rings (SSSR count). The molecule has 2 aromatic rings. The van der Waals surface area contributed by atoms with E-state index in [0.717, 1.165) is 10.3 Å². The zero-order valence-electron chi connectivity index (χ0n) is 17.5. The van der Waals surface area contributed by atoms with Gasteiger partial charge in [0.25, 0.3) is 5.56 Å². The number of benzene rings is 1. The van der Waals surface area contributed by atoms with Gasteiger partial charge in [-0.3, -0.25) is 14.3 Å². The van der Waals surface area contributed by atoms with Crippen molar-refractivity contribution in [3.8, 4) is 0 Å². The van der Waals surface area contributed by atoms with Gasteiger partial charge in [-0.25, -0.2) is 4.79 Å². The lowest BCUT2D eigenvalue weighted by Crippen LogP contribution is -2.52. The van der Waals surface area contributed by atoms with E-state index >= 15 is 0 Å². The summed E-state index contributed by atoms with van der Waals surface area (Å²) < 4.78 is 18.9. The second-order valence-corrected chi connectivity index (χ2v) is 8.30. The van der Waals surface area contributed by atoms with E-state index in [9.17, 15) is 19.8 Å². The fraction of sp³-hybridized carbons (Fsp3) is 0.524. The second-order valence-electron chi connectivity index (χ2n) is 7.89. The number of aliphatic hydroxyl groups excluding tert-OH is 2. The number of halogens is 1. The molecule has 2 aliphatic heterocycles. The molecular weight excluding hydrogens is 442 g/mol. The third kappa shape index (κ3) is 4.34. The average molecular weight is 468 g/mol. The van der Waals surface area contributed by atoms with Crippen LogP contribution in [0.15, 0.2) is 46.1 Å². The van der Waals surface area contributed by atoms with E-state index < -0.39 is 48.2 Å². The van der Waals surface area contributed by atoms with E-state index in [-0.39, 0.29) is 0 Å². The molecule has 0 aliphatic carbocycles. The molecule has 32 heavy (non-hydrogen) atoms. The summed E-state index contributed by atoms with van der Waals surface area (Å²) in [6, 6.07) is 8.75. The number of rotatable bonds is 6. The van der Waals surface area contributed by atoms with Crippen LogP contribution in [0, 0.1) is 0 Å². The van der Waals surface area contributed by atoms with Crippen molar-refractivity contribution >= 4 is 17.3 Å². The van der Waals surface area contributed by atoms with Crippen LogP contribution in [-0.2, 0) is 14.2 Å². The van der Waals surface area contributed by atoms with Gasteiger partial charge in [0.1, 0.15) is 18.3 Å². The maximum Gasteiger partial charge on any atom is 0.330 e. The highest BCUT2D eigenvalue weighted by Crippen LogP contribution is 2.39. The molecular formula is C21H26ClN3O7. The molecule has 0 spiro atoms. The highest BCUT2D eigenvalue weighted by Gasteiger charge is 2.50. The number of aromatic amines is 1. The topological polar surface area (TPSA) is 126 Å². The lowest BCUT2D eigenvalue weighted by Gasteiger charge is -2.43. The molecule has 0 bridgehead atoms. The predicted octanol–water partition coefficient (Wildman–Crippen LogP) is 0.469. The molecule has 0 unspecified atom stereocenters. The first-order valence-electron chi connectivity index (χ1n) is 10.4. The summed E-state index contributed by atoms with van der Waals surface area (Å²) in [6.45, 7) is 0.720. The van der Waals surface area contributed by atoms with Crippen molar-refractivity contribution in [2.45, 2.75) is 43.2 Å². The Kier molecular flexibility index (Phi) is 6.70. The number of methoxy groups -OCH3 is 1. The van der Waals surface area contributed by atoms with Crippen LogP contribution in [0.3, 0.4) is 0 Å². The van der Waals surface area contributed by atoms with Gasteiger partial charge in [0.05, 0.1) is 17.3 Å². The zero-order valence-corrected chi connectivity index (χ0v) is 18.3. The van der Waals surface area contributed by atoms with Gasteiger partial charge in [-0.2, -0.15) is 0 Å². The Balaban J connectivity index is 1.56. The number of ether oxygens (including phenoxy) is 3. The molecule has 2 aliphatic rings. The molecule has 4 atom stereocenters. The Labute approximate surface area is 188 Å². The molecule has 3 N–H and O–H groups in total. The molecule has 3 heterocycles. The number of anilines is 1. The summed E-state index contributed by atoms with van der Waals surface area (Å²) >= 11 is 6.33. The number of hydrogen-bond donors (Lipinski definition) is 3. The third-order valence-electron chi connectivity index (χ3n) is 6.06. The Bertz CT molecular complexity index is 1050.